The van der Waals surface area contributed by atoms with Gasteiger partial charge in [-0.1, -0.05) is 17.7 Å². The summed E-state index contributed by atoms with van der Waals surface area (Å²) in [4.78, 5) is 28.3. The number of carbonyl (C=O) groups is 2. The van der Waals surface area contributed by atoms with Crippen LogP contribution in [0.2, 0.25) is 5.02 Å². The first-order valence-electron chi connectivity index (χ1n) is 9.33. The lowest BCUT2D eigenvalue weighted by atomic mass is 10.2. The number of anilines is 1. The number of likely N-dealkylation sites (N-methyl/N-ethyl adjacent to an activating group) is 1. The Balaban J connectivity index is 1.50. The smallest absolute Gasteiger partial charge is 0.321 e. The fourth-order valence-corrected chi connectivity index (χ4v) is 3.11. The predicted octanol–water partition coefficient (Wildman–Crippen LogP) is 4.12. The van der Waals surface area contributed by atoms with Crippen molar-refractivity contribution >= 4 is 29.2 Å². The van der Waals surface area contributed by atoms with Crippen LogP contribution >= 0.6 is 11.6 Å². The molecule has 3 amide bonds. The van der Waals surface area contributed by atoms with Crippen molar-refractivity contribution in [1.82, 2.24) is 9.80 Å². The molecule has 1 N–H and O–H groups in total. The molecule has 28 heavy (non-hydrogen) atoms. The Labute approximate surface area is 170 Å². The molecule has 0 unspecified atom stereocenters. The van der Waals surface area contributed by atoms with Crippen LogP contribution in [0.5, 0.6) is 5.75 Å². The summed E-state index contributed by atoms with van der Waals surface area (Å²) in [5, 5.41) is 3.47. The maximum Gasteiger partial charge on any atom is 0.321 e. The van der Waals surface area contributed by atoms with Gasteiger partial charge in [-0.3, -0.25) is 4.79 Å². The molecule has 148 valence electrons. The number of hydrogen-bond donors (Lipinski definition) is 1. The van der Waals surface area contributed by atoms with Crippen LogP contribution in [-0.2, 0) is 0 Å². The van der Waals surface area contributed by atoms with Gasteiger partial charge >= 0.3 is 6.03 Å². The van der Waals surface area contributed by atoms with Gasteiger partial charge in [0.15, 0.2) is 0 Å². The second-order valence-corrected chi connectivity index (χ2v) is 7.17. The minimum atomic E-state index is -0.259. The van der Waals surface area contributed by atoms with Crippen molar-refractivity contribution in [1.29, 1.82) is 0 Å². The van der Waals surface area contributed by atoms with Gasteiger partial charge in [-0.05, 0) is 55.3 Å². The van der Waals surface area contributed by atoms with Crippen LogP contribution in [0.25, 0.3) is 0 Å². The maximum absolute atomic E-state index is 12.5. The number of ether oxygens (including phenoxy) is 1. The van der Waals surface area contributed by atoms with Crippen LogP contribution in [0.1, 0.15) is 23.2 Å². The number of hydrogen-bond acceptors (Lipinski definition) is 3. The van der Waals surface area contributed by atoms with Crippen LogP contribution in [0, 0.1) is 0 Å². The second kappa shape index (κ2) is 9.46. The van der Waals surface area contributed by atoms with Gasteiger partial charge in [0, 0.05) is 36.4 Å². The first kappa shape index (κ1) is 20.0. The Morgan fingerprint density at radius 1 is 1.14 bits per heavy atom. The van der Waals surface area contributed by atoms with Crippen molar-refractivity contribution in [3.05, 3.63) is 59.1 Å². The van der Waals surface area contributed by atoms with Crippen molar-refractivity contribution in [2.45, 2.75) is 12.8 Å². The third-order valence-corrected chi connectivity index (χ3v) is 4.86. The molecule has 0 radical (unpaired) electrons. The molecule has 0 atom stereocenters. The monoisotopic (exact) mass is 401 g/mol. The summed E-state index contributed by atoms with van der Waals surface area (Å²) in [5.74, 6) is 0.713. The van der Waals surface area contributed by atoms with E-state index in [1.54, 1.807) is 55.6 Å². The van der Waals surface area contributed by atoms with Crippen LogP contribution in [0.3, 0.4) is 0 Å². The third kappa shape index (κ3) is 5.39. The second-order valence-electron chi connectivity index (χ2n) is 6.73. The van der Waals surface area contributed by atoms with E-state index < -0.39 is 0 Å². The number of likely N-dealkylation sites (tertiary alicyclic amines) is 1. The number of nitrogens with one attached hydrogen (secondary N) is 1. The van der Waals surface area contributed by atoms with Gasteiger partial charge in [0.05, 0.1) is 6.54 Å². The van der Waals surface area contributed by atoms with E-state index >= 15 is 0 Å². The first-order chi connectivity index (χ1) is 13.5. The van der Waals surface area contributed by atoms with Gasteiger partial charge in [-0.15, -0.1) is 0 Å². The molecule has 0 saturated carbocycles. The van der Waals surface area contributed by atoms with Gasteiger partial charge < -0.3 is 19.9 Å². The zero-order valence-electron chi connectivity index (χ0n) is 15.9. The molecule has 6 nitrogen and oxygen atoms in total. The molecule has 1 aliphatic rings. The van der Waals surface area contributed by atoms with Gasteiger partial charge in [-0.2, -0.15) is 0 Å². The lowest BCUT2D eigenvalue weighted by Crippen LogP contribution is -2.34. The van der Waals surface area contributed by atoms with E-state index in [-0.39, 0.29) is 11.9 Å². The van der Waals surface area contributed by atoms with E-state index in [1.807, 2.05) is 4.90 Å². The molecule has 3 rings (SSSR count). The molecule has 2 aromatic rings. The molecule has 2 aromatic carbocycles. The van der Waals surface area contributed by atoms with E-state index in [0.717, 1.165) is 25.9 Å². The molecule has 1 saturated heterocycles. The summed E-state index contributed by atoms with van der Waals surface area (Å²) in [6, 6.07) is 13.9. The summed E-state index contributed by atoms with van der Waals surface area (Å²) >= 11 is 5.84. The number of carbonyl (C=O) groups excluding carboxylic acids is 2. The fraction of sp³-hybridized carbons (Fsp3) is 0.333. The van der Waals surface area contributed by atoms with Crippen molar-refractivity contribution in [3.63, 3.8) is 0 Å². The number of urea groups is 1. The average Bonchev–Trinajstić information content (AvgIpc) is 3.24. The number of benzene rings is 2. The molecule has 1 heterocycles. The topological polar surface area (TPSA) is 61.9 Å². The highest BCUT2D eigenvalue weighted by Gasteiger charge is 2.19. The number of rotatable bonds is 6. The van der Waals surface area contributed by atoms with Crippen LogP contribution in [0.4, 0.5) is 10.5 Å². The third-order valence-electron chi connectivity index (χ3n) is 4.61. The summed E-state index contributed by atoms with van der Waals surface area (Å²) in [5.41, 5.74) is 1.19. The van der Waals surface area contributed by atoms with Gasteiger partial charge in [0.1, 0.15) is 12.4 Å². The largest absolute Gasteiger partial charge is 0.492 e. The van der Waals surface area contributed by atoms with E-state index in [4.69, 9.17) is 16.3 Å². The summed E-state index contributed by atoms with van der Waals surface area (Å²) in [6.07, 6.45) is 2.09. The van der Waals surface area contributed by atoms with E-state index in [0.29, 0.717) is 35.2 Å². The van der Waals surface area contributed by atoms with Gasteiger partial charge in [-0.25, -0.2) is 4.79 Å². The van der Waals surface area contributed by atoms with Crippen molar-refractivity contribution in [2.24, 2.45) is 0 Å². The molecule has 0 spiro atoms. The standard InChI is InChI=1S/C21H24ClN3O3/c1-24(13-14-28-19-9-7-17(22)8-10-19)21(27)23-18-6-4-5-16(15-18)20(26)25-11-2-3-12-25/h4-10,15H,2-3,11-14H2,1H3,(H,23,27). The van der Waals surface area contributed by atoms with Crippen molar-refractivity contribution in [2.75, 3.05) is 38.6 Å². The Kier molecular flexibility index (Phi) is 6.76. The number of amides is 3. The molecular weight excluding hydrogens is 378 g/mol. The quantitative estimate of drug-likeness (QED) is 0.792. The number of halogens is 1. The van der Waals surface area contributed by atoms with Crippen LogP contribution < -0.4 is 10.1 Å². The SMILES string of the molecule is CN(CCOc1ccc(Cl)cc1)C(=O)Nc1cccc(C(=O)N2CCCC2)c1. The Bertz CT molecular complexity index is 820. The van der Waals surface area contributed by atoms with Crippen molar-refractivity contribution < 1.29 is 14.3 Å². The van der Waals surface area contributed by atoms with Crippen LogP contribution in [0.15, 0.2) is 48.5 Å². The zero-order chi connectivity index (χ0) is 19.9. The Hall–Kier alpha value is -2.73. The Morgan fingerprint density at radius 3 is 2.57 bits per heavy atom. The molecule has 7 heteroatoms. The van der Waals surface area contributed by atoms with E-state index in [9.17, 15) is 9.59 Å². The lowest BCUT2D eigenvalue weighted by molar-refractivity contribution is 0.0793. The normalized spacial score (nSPS) is 13.3. The Morgan fingerprint density at radius 2 is 1.86 bits per heavy atom. The average molecular weight is 402 g/mol. The molecule has 0 aliphatic carbocycles. The number of nitrogens with zero attached hydrogens (tertiary/aromatic N) is 2. The highest BCUT2D eigenvalue weighted by atomic mass is 35.5. The van der Waals surface area contributed by atoms with Gasteiger partial charge in [0.25, 0.3) is 5.91 Å². The zero-order valence-corrected chi connectivity index (χ0v) is 16.6. The minimum Gasteiger partial charge on any atom is -0.492 e. The molecular formula is C21H24ClN3O3. The fourth-order valence-electron chi connectivity index (χ4n) is 2.98. The lowest BCUT2D eigenvalue weighted by Gasteiger charge is -2.19. The maximum atomic E-state index is 12.5. The first-order valence-corrected chi connectivity index (χ1v) is 9.70. The van der Waals surface area contributed by atoms with Gasteiger partial charge in [0.2, 0.25) is 0 Å². The van der Waals surface area contributed by atoms with Crippen LogP contribution in [-0.4, -0.2) is 55.0 Å². The predicted molar refractivity (Wildman–Crippen MR) is 110 cm³/mol. The van der Waals surface area contributed by atoms with Crippen molar-refractivity contribution in [3.8, 4) is 5.75 Å². The molecule has 0 bridgehead atoms. The highest BCUT2D eigenvalue weighted by Crippen LogP contribution is 2.17. The summed E-state index contributed by atoms with van der Waals surface area (Å²) in [6.45, 7) is 2.37. The minimum absolute atomic E-state index is 0.0123. The van der Waals surface area contributed by atoms with E-state index in [2.05, 4.69) is 5.32 Å². The summed E-state index contributed by atoms with van der Waals surface area (Å²) in [7, 11) is 1.69. The molecule has 1 fully saturated rings. The molecule has 0 aromatic heterocycles. The highest BCUT2D eigenvalue weighted by molar-refractivity contribution is 6.30. The molecule has 1 aliphatic heterocycles. The van der Waals surface area contributed by atoms with E-state index in [1.165, 1.54) is 4.90 Å². The summed E-state index contributed by atoms with van der Waals surface area (Å²) < 4.78 is 5.61.